The van der Waals surface area contributed by atoms with Gasteiger partial charge >= 0.3 is 0 Å². The van der Waals surface area contributed by atoms with Crippen molar-refractivity contribution in [3.8, 4) is 11.8 Å². The van der Waals surface area contributed by atoms with Crippen LogP contribution in [0, 0.1) is 29.5 Å². The third-order valence-electron chi connectivity index (χ3n) is 8.27. The molecule has 0 radical (unpaired) electrons. The van der Waals surface area contributed by atoms with Crippen LogP contribution in [0.25, 0.3) is 0 Å². The van der Waals surface area contributed by atoms with Crippen molar-refractivity contribution in [2.75, 3.05) is 6.61 Å². The van der Waals surface area contributed by atoms with Gasteiger partial charge in [0.05, 0.1) is 22.6 Å². The summed E-state index contributed by atoms with van der Waals surface area (Å²) in [5.74, 6) is 5.00. The van der Waals surface area contributed by atoms with Crippen molar-refractivity contribution in [1.82, 2.24) is 0 Å². The molecular weight excluding hydrogens is 563 g/mol. The van der Waals surface area contributed by atoms with Crippen LogP contribution in [-0.2, 0) is 18.7 Å². The highest BCUT2D eigenvalue weighted by atomic mass is 79.9. The standard InChI is InChI=1S/C31H44BrFO4Si/c1-8-9-13-21(2)26(37-38(6,7)31(3,4)5)18-17-22-27(36-28-16-10-11-19-35-28)20-25(34)29(22)23-14-12-15-24(32)30(23)33/h12,14-15,17-18,21-22,26-29H,10-11,13,16,19-20H2,1-7H3/b18-17+/t21?,22-,26+,27+,28?,29-/m0/s1. The summed E-state index contributed by atoms with van der Waals surface area (Å²) in [7, 11) is -2.09. The topological polar surface area (TPSA) is 44.8 Å². The lowest BCUT2D eigenvalue weighted by Gasteiger charge is -2.40. The Balaban J connectivity index is 1.98. The molecule has 1 saturated heterocycles. The summed E-state index contributed by atoms with van der Waals surface area (Å²) in [5.41, 5.74) is 0.404. The van der Waals surface area contributed by atoms with Crippen molar-refractivity contribution in [1.29, 1.82) is 0 Å². The predicted octanol–water partition coefficient (Wildman–Crippen LogP) is 8.17. The first-order valence-corrected chi connectivity index (χ1v) is 17.5. The van der Waals surface area contributed by atoms with Gasteiger partial charge in [-0.15, -0.1) is 11.8 Å². The minimum absolute atomic E-state index is 0.00998. The molecule has 7 heteroatoms. The summed E-state index contributed by atoms with van der Waals surface area (Å²) in [6.07, 6.45) is 7.06. The predicted molar refractivity (Wildman–Crippen MR) is 157 cm³/mol. The minimum atomic E-state index is -2.09. The highest BCUT2D eigenvalue weighted by Crippen LogP contribution is 2.43. The molecule has 0 N–H and O–H groups in total. The molecule has 210 valence electrons. The normalized spacial score (nSPS) is 26.3. The van der Waals surface area contributed by atoms with E-state index in [1.54, 1.807) is 18.2 Å². The van der Waals surface area contributed by atoms with Gasteiger partial charge in [0, 0.05) is 30.9 Å². The fourth-order valence-electron chi connectivity index (χ4n) is 4.90. The summed E-state index contributed by atoms with van der Waals surface area (Å²) in [6, 6.07) is 5.16. The zero-order valence-electron chi connectivity index (χ0n) is 24.0. The third kappa shape index (κ3) is 7.66. The summed E-state index contributed by atoms with van der Waals surface area (Å²) < 4.78 is 34.7. The summed E-state index contributed by atoms with van der Waals surface area (Å²) in [6.45, 7) is 15.8. The SMILES string of the molecule is CC#CCC(C)[C@@H](/C=C/[C@@H]1[C@@H](c2cccc(Br)c2F)C(=O)C[C@H]1OC1CCCCO1)O[Si](C)(C)C(C)(C)C. The number of ketones is 1. The molecule has 0 amide bonds. The number of hydrogen-bond donors (Lipinski definition) is 0. The number of rotatable bonds is 9. The van der Waals surface area contributed by atoms with Gasteiger partial charge in [-0.05, 0) is 72.2 Å². The Morgan fingerprint density at radius 3 is 2.66 bits per heavy atom. The number of hydrogen-bond acceptors (Lipinski definition) is 4. The summed E-state index contributed by atoms with van der Waals surface area (Å²) >= 11 is 3.30. The Hall–Kier alpha value is -1.30. The molecular formula is C31H44BrFO4Si. The molecule has 4 nitrogen and oxygen atoms in total. The molecule has 38 heavy (non-hydrogen) atoms. The van der Waals surface area contributed by atoms with E-state index in [9.17, 15) is 4.79 Å². The number of benzene rings is 1. The number of carbonyl (C=O) groups excluding carboxylic acids is 1. The Bertz CT molecular complexity index is 1050. The quantitative estimate of drug-likeness (QED) is 0.161. The average molecular weight is 608 g/mol. The molecule has 0 bridgehead atoms. The van der Waals surface area contributed by atoms with Gasteiger partial charge in [-0.1, -0.05) is 52.0 Å². The lowest BCUT2D eigenvalue weighted by Crippen LogP contribution is -2.45. The van der Waals surface area contributed by atoms with Crippen molar-refractivity contribution in [3.63, 3.8) is 0 Å². The molecule has 0 spiro atoms. The van der Waals surface area contributed by atoms with Crippen LogP contribution in [0.2, 0.25) is 18.1 Å². The first-order valence-electron chi connectivity index (χ1n) is 13.8. The monoisotopic (exact) mass is 606 g/mol. The van der Waals surface area contributed by atoms with Gasteiger partial charge in [-0.2, -0.15) is 0 Å². The number of ether oxygens (including phenoxy) is 2. The van der Waals surface area contributed by atoms with Crippen LogP contribution in [0.15, 0.2) is 34.8 Å². The molecule has 1 aliphatic carbocycles. The van der Waals surface area contributed by atoms with E-state index in [2.05, 4.69) is 80.7 Å². The van der Waals surface area contributed by atoms with Crippen LogP contribution in [-0.4, -0.2) is 39.2 Å². The molecule has 6 atom stereocenters. The second kappa shape index (κ2) is 13.4. The van der Waals surface area contributed by atoms with Gasteiger partial charge in [-0.25, -0.2) is 4.39 Å². The maximum Gasteiger partial charge on any atom is 0.192 e. The first-order chi connectivity index (χ1) is 17.9. The highest BCUT2D eigenvalue weighted by molar-refractivity contribution is 9.10. The summed E-state index contributed by atoms with van der Waals surface area (Å²) in [4.78, 5) is 13.4. The fraction of sp³-hybridized carbons (Fsp3) is 0.645. The Labute approximate surface area is 238 Å². The van der Waals surface area contributed by atoms with Crippen molar-refractivity contribution in [3.05, 3.63) is 46.2 Å². The van der Waals surface area contributed by atoms with Gasteiger partial charge in [0.15, 0.2) is 14.6 Å². The van der Waals surface area contributed by atoms with E-state index in [4.69, 9.17) is 13.9 Å². The maximum absolute atomic E-state index is 15.3. The average Bonchev–Trinajstić information content (AvgIpc) is 3.15. The largest absolute Gasteiger partial charge is 0.410 e. The number of Topliss-reactive ketones (excluding diaryl/α,β-unsaturated/α-hetero) is 1. The maximum atomic E-state index is 15.3. The molecule has 1 aromatic carbocycles. The van der Waals surface area contributed by atoms with Crippen LogP contribution < -0.4 is 0 Å². The molecule has 1 aromatic rings. The third-order valence-corrected chi connectivity index (χ3v) is 13.4. The number of carbonyl (C=O) groups is 1. The zero-order chi connectivity index (χ0) is 28.1. The second-order valence-corrected chi connectivity index (χ2v) is 17.8. The molecule has 1 saturated carbocycles. The van der Waals surface area contributed by atoms with E-state index in [-0.39, 0.29) is 53.4 Å². The molecule has 0 aromatic heterocycles. The van der Waals surface area contributed by atoms with E-state index >= 15 is 4.39 Å². The van der Waals surface area contributed by atoms with E-state index in [1.807, 2.05) is 6.92 Å². The lowest BCUT2D eigenvalue weighted by molar-refractivity contribution is -0.191. The minimum Gasteiger partial charge on any atom is -0.410 e. The first kappa shape index (κ1) is 31.2. The van der Waals surface area contributed by atoms with Crippen molar-refractivity contribution in [2.45, 2.75) is 109 Å². The summed E-state index contributed by atoms with van der Waals surface area (Å²) in [5, 5.41) is 0.0461. The van der Waals surface area contributed by atoms with Crippen molar-refractivity contribution < 1.29 is 23.1 Å². The Morgan fingerprint density at radius 1 is 1.29 bits per heavy atom. The molecule has 2 aliphatic rings. The molecule has 2 fully saturated rings. The van der Waals surface area contributed by atoms with Crippen LogP contribution in [0.4, 0.5) is 4.39 Å². The van der Waals surface area contributed by atoms with E-state index < -0.39 is 14.2 Å². The molecule has 1 aliphatic heterocycles. The highest BCUT2D eigenvalue weighted by Gasteiger charge is 2.45. The molecule has 2 unspecified atom stereocenters. The van der Waals surface area contributed by atoms with Gasteiger partial charge in [-0.3, -0.25) is 4.79 Å². The van der Waals surface area contributed by atoms with Crippen molar-refractivity contribution in [2.24, 2.45) is 11.8 Å². The van der Waals surface area contributed by atoms with E-state index in [0.29, 0.717) is 23.1 Å². The van der Waals surface area contributed by atoms with Crippen LogP contribution in [0.1, 0.15) is 78.2 Å². The van der Waals surface area contributed by atoms with E-state index in [1.165, 1.54) is 0 Å². The van der Waals surface area contributed by atoms with Gasteiger partial charge in [0.1, 0.15) is 11.6 Å². The van der Waals surface area contributed by atoms with E-state index in [0.717, 1.165) is 19.3 Å². The fourth-order valence-corrected chi connectivity index (χ4v) is 6.62. The molecule has 3 rings (SSSR count). The van der Waals surface area contributed by atoms with Gasteiger partial charge in [0.25, 0.3) is 0 Å². The van der Waals surface area contributed by atoms with Crippen molar-refractivity contribution >= 4 is 30.0 Å². The van der Waals surface area contributed by atoms with Crippen LogP contribution >= 0.6 is 15.9 Å². The smallest absolute Gasteiger partial charge is 0.192 e. The van der Waals surface area contributed by atoms with Gasteiger partial charge < -0.3 is 13.9 Å². The Morgan fingerprint density at radius 2 is 2.03 bits per heavy atom. The second-order valence-electron chi connectivity index (χ2n) is 12.2. The lowest BCUT2D eigenvalue weighted by atomic mass is 9.86. The number of halogens is 2. The van der Waals surface area contributed by atoms with Crippen LogP contribution in [0.5, 0.6) is 0 Å². The van der Waals surface area contributed by atoms with Gasteiger partial charge in [0.2, 0.25) is 0 Å². The zero-order valence-corrected chi connectivity index (χ0v) is 26.6. The van der Waals surface area contributed by atoms with Crippen LogP contribution in [0.3, 0.4) is 0 Å². The Kier molecular flexibility index (Phi) is 11.0. The molecule has 1 heterocycles.